The molecule has 0 aliphatic heterocycles. The molecule has 4 rings (SSSR count). The molecule has 5 heteroatoms. The van der Waals surface area contributed by atoms with Crippen molar-refractivity contribution in [3.8, 4) is 11.3 Å². The van der Waals surface area contributed by atoms with Crippen molar-refractivity contribution in [2.24, 2.45) is 5.73 Å². The zero-order chi connectivity index (χ0) is 18.1. The molecule has 2 aromatic carbocycles. The third kappa shape index (κ3) is 3.07. The maximum atomic E-state index is 14.0. The van der Waals surface area contributed by atoms with Gasteiger partial charge in [0, 0.05) is 17.3 Å². The van der Waals surface area contributed by atoms with Crippen molar-refractivity contribution in [3.05, 3.63) is 95.4 Å². The first-order valence-electron chi connectivity index (χ1n) is 8.22. The second-order valence-corrected chi connectivity index (χ2v) is 6.16. The third-order valence-corrected chi connectivity index (χ3v) is 4.30. The summed E-state index contributed by atoms with van der Waals surface area (Å²) in [5.41, 5.74) is 9.86. The van der Waals surface area contributed by atoms with Gasteiger partial charge in [0.15, 0.2) is 0 Å². The van der Waals surface area contributed by atoms with Gasteiger partial charge in [-0.05, 0) is 60.0 Å². The molecular formula is C21H16FN3O. The van der Waals surface area contributed by atoms with Crippen LogP contribution in [0.5, 0.6) is 0 Å². The lowest BCUT2D eigenvalue weighted by molar-refractivity contribution is 0.1000. The van der Waals surface area contributed by atoms with E-state index < -0.39 is 5.91 Å². The minimum absolute atomic E-state index is 0.292. The fourth-order valence-electron chi connectivity index (χ4n) is 3.02. The minimum Gasteiger partial charge on any atom is -0.366 e. The molecule has 0 aliphatic carbocycles. The van der Waals surface area contributed by atoms with Crippen molar-refractivity contribution in [2.45, 2.75) is 6.42 Å². The lowest BCUT2D eigenvalue weighted by Crippen LogP contribution is -2.11. The van der Waals surface area contributed by atoms with E-state index >= 15 is 0 Å². The molecule has 0 atom stereocenters. The first kappa shape index (κ1) is 16.0. The van der Waals surface area contributed by atoms with Gasteiger partial charge in [0.2, 0.25) is 5.91 Å². The molecule has 26 heavy (non-hydrogen) atoms. The molecule has 0 saturated heterocycles. The SMILES string of the molecule is NC(=O)c1cccc(Cc2ccn3nc(-c4ccccc4F)cc3c2)c1. The first-order chi connectivity index (χ1) is 12.6. The minimum atomic E-state index is -0.437. The molecule has 0 fully saturated rings. The predicted molar refractivity (Wildman–Crippen MR) is 98.4 cm³/mol. The maximum absolute atomic E-state index is 14.0. The number of carbonyl (C=O) groups excluding carboxylic acids is 1. The van der Waals surface area contributed by atoms with Crippen LogP contribution in [0.15, 0.2) is 72.9 Å². The number of rotatable bonds is 4. The summed E-state index contributed by atoms with van der Waals surface area (Å²) < 4.78 is 15.7. The number of halogens is 1. The highest BCUT2D eigenvalue weighted by Crippen LogP contribution is 2.23. The van der Waals surface area contributed by atoms with E-state index in [1.165, 1.54) is 6.07 Å². The Morgan fingerprint density at radius 3 is 2.62 bits per heavy atom. The van der Waals surface area contributed by atoms with E-state index in [1.54, 1.807) is 34.8 Å². The van der Waals surface area contributed by atoms with Crippen LogP contribution in [0.2, 0.25) is 0 Å². The molecular weight excluding hydrogens is 329 g/mol. The predicted octanol–water partition coefficient (Wildman–Crippen LogP) is 3.83. The summed E-state index contributed by atoms with van der Waals surface area (Å²) in [7, 11) is 0. The van der Waals surface area contributed by atoms with Crippen molar-refractivity contribution < 1.29 is 9.18 Å². The zero-order valence-corrected chi connectivity index (χ0v) is 13.9. The Morgan fingerprint density at radius 2 is 1.81 bits per heavy atom. The molecule has 0 saturated carbocycles. The topological polar surface area (TPSA) is 60.4 Å². The summed E-state index contributed by atoms with van der Waals surface area (Å²) >= 11 is 0. The van der Waals surface area contributed by atoms with Crippen molar-refractivity contribution >= 4 is 11.4 Å². The van der Waals surface area contributed by atoms with E-state index in [2.05, 4.69) is 5.10 Å². The molecule has 0 spiro atoms. The molecule has 2 N–H and O–H groups in total. The average molecular weight is 345 g/mol. The van der Waals surface area contributed by atoms with Crippen LogP contribution in [0, 0.1) is 5.82 Å². The number of nitrogens with zero attached hydrogens (tertiary/aromatic N) is 2. The van der Waals surface area contributed by atoms with E-state index in [0.717, 1.165) is 16.6 Å². The second kappa shape index (κ2) is 6.44. The van der Waals surface area contributed by atoms with Crippen LogP contribution in [-0.2, 0) is 6.42 Å². The number of hydrogen-bond acceptors (Lipinski definition) is 2. The Morgan fingerprint density at radius 1 is 1.00 bits per heavy atom. The lowest BCUT2D eigenvalue weighted by atomic mass is 10.0. The van der Waals surface area contributed by atoms with Gasteiger partial charge < -0.3 is 5.73 Å². The molecule has 4 nitrogen and oxygen atoms in total. The fourth-order valence-corrected chi connectivity index (χ4v) is 3.02. The Hall–Kier alpha value is -3.47. The molecule has 1 amide bonds. The molecule has 0 radical (unpaired) electrons. The maximum Gasteiger partial charge on any atom is 0.248 e. The van der Waals surface area contributed by atoms with Gasteiger partial charge in [-0.2, -0.15) is 5.10 Å². The molecule has 0 aliphatic rings. The third-order valence-electron chi connectivity index (χ3n) is 4.30. The molecule has 128 valence electrons. The number of nitrogens with two attached hydrogens (primary N) is 1. The van der Waals surface area contributed by atoms with E-state index in [0.29, 0.717) is 23.2 Å². The summed E-state index contributed by atoms with van der Waals surface area (Å²) in [6.45, 7) is 0. The largest absolute Gasteiger partial charge is 0.366 e. The molecule has 0 unspecified atom stereocenters. The van der Waals surface area contributed by atoms with Crippen molar-refractivity contribution in [3.63, 3.8) is 0 Å². The summed E-state index contributed by atoms with van der Waals surface area (Å²) in [5, 5.41) is 4.44. The van der Waals surface area contributed by atoms with Gasteiger partial charge in [0.1, 0.15) is 5.82 Å². The van der Waals surface area contributed by atoms with Crippen LogP contribution in [-0.4, -0.2) is 15.5 Å². The van der Waals surface area contributed by atoms with Crippen LogP contribution in [0.1, 0.15) is 21.5 Å². The monoisotopic (exact) mass is 345 g/mol. The fraction of sp³-hybridized carbons (Fsp3) is 0.0476. The lowest BCUT2D eigenvalue weighted by Gasteiger charge is -2.04. The second-order valence-electron chi connectivity index (χ2n) is 6.16. The quantitative estimate of drug-likeness (QED) is 0.611. The van der Waals surface area contributed by atoms with Gasteiger partial charge >= 0.3 is 0 Å². The number of benzene rings is 2. The summed E-state index contributed by atoms with van der Waals surface area (Å²) in [6, 6.07) is 19.7. The van der Waals surface area contributed by atoms with E-state index in [4.69, 9.17) is 5.73 Å². The van der Waals surface area contributed by atoms with Crippen molar-refractivity contribution in [1.82, 2.24) is 9.61 Å². The van der Waals surface area contributed by atoms with Crippen LogP contribution in [0.3, 0.4) is 0 Å². The number of hydrogen-bond donors (Lipinski definition) is 1. The zero-order valence-electron chi connectivity index (χ0n) is 13.9. The Kier molecular flexibility index (Phi) is 3.97. The number of amides is 1. The first-order valence-corrected chi connectivity index (χ1v) is 8.22. The van der Waals surface area contributed by atoms with E-state index in [1.807, 2.05) is 36.5 Å². The number of aromatic nitrogens is 2. The number of carbonyl (C=O) groups is 1. The standard InChI is InChI=1S/C21H16FN3O/c22-19-7-2-1-6-18(19)20-13-17-12-15(8-9-25(17)24-20)10-14-4-3-5-16(11-14)21(23)26/h1-9,11-13H,10H2,(H2,23,26). The summed E-state index contributed by atoms with van der Waals surface area (Å²) in [4.78, 5) is 11.3. The van der Waals surface area contributed by atoms with Crippen molar-refractivity contribution in [1.29, 1.82) is 0 Å². The summed E-state index contributed by atoms with van der Waals surface area (Å²) in [5.74, 6) is -0.730. The number of pyridine rings is 1. The Labute approximate surface area is 149 Å². The van der Waals surface area contributed by atoms with Gasteiger partial charge in [-0.15, -0.1) is 0 Å². The van der Waals surface area contributed by atoms with Gasteiger partial charge in [0.05, 0.1) is 11.2 Å². The normalized spacial score (nSPS) is 11.0. The Bertz CT molecular complexity index is 1120. The van der Waals surface area contributed by atoms with E-state index in [9.17, 15) is 9.18 Å². The number of primary amides is 1. The smallest absolute Gasteiger partial charge is 0.248 e. The van der Waals surface area contributed by atoms with Gasteiger partial charge in [-0.3, -0.25) is 4.79 Å². The van der Waals surface area contributed by atoms with Crippen molar-refractivity contribution in [2.75, 3.05) is 0 Å². The van der Waals surface area contributed by atoms with Gasteiger partial charge in [-0.25, -0.2) is 8.91 Å². The Balaban J connectivity index is 1.67. The van der Waals surface area contributed by atoms with Gasteiger partial charge in [-0.1, -0.05) is 24.3 Å². The molecule has 0 bridgehead atoms. The van der Waals surface area contributed by atoms with Crippen LogP contribution >= 0.6 is 0 Å². The highest BCUT2D eigenvalue weighted by atomic mass is 19.1. The van der Waals surface area contributed by atoms with E-state index in [-0.39, 0.29) is 5.82 Å². The average Bonchev–Trinajstić information content (AvgIpc) is 3.05. The molecule has 2 aromatic heterocycles. The highest BCUT2D eigenvalue weighted by Gasteiger charge is 2.09. The van der Waals surface area contributed by atoms with Crippen LogP contribution in [0.4, 0.5) is 4.39 Å². The number of fused-ring (bicyclic) bond motifs is 1. The van der Waals surface area contributed by atoms with Gasteiger partial charge in [0.25, 0.3) is 0 Å². The molecule has 2 heterocycles. The summed E-state index contributed by atoms with van der Waals surface area (Å²) in [6.07, 6.45) is 2.52. The van der Waals surface area contributed by atoms with Crippen LogP contribution < -0.4 is 5.73 Å². The molecule has 4 aromatic rings. The highest BCUT2D eigenvalue weighted by molar-refractivity contribution is 5.92. The van der Waals surface area contributed by atoms with Crippen LogP contribution in [0.25, 0.3) is 16.8 Å².